The monoisotopic (exact) mass is 241 g/mol. The highest BCUT2D eigenvalue weighted by molar-refractivity contribution is 5.35. The number of benzene rings is 1. The van der Waals surface area contributed by atoms with E-state index in [-0.39, 0.29) is 0 Å². The van der Waals surface area contributed by atoms with Gasteiger partial charge in [0.25, 0.3) is 0 Å². The topological polar surface area (TPSA) is 42.4 Å². The molecule has 1 aromatic carbocycles. The molecule has 92 valence electrons. The molecular formula is C15H15NO2. The van der Waals surface area contributed by atoms with E-state index in [1.165, 1.54) is 0 Å². The van der Waals surface area contributed by atoms with Gasteiger partial charge in [0, 0.05) is 12.4 Å². The van der Waals surface area contributed by atoms with E-state index in [0.29, 0.717) is 6.10 Å². The summed E-state index contributed by atoms with van der Waals surface area (Å²) in [5.74, 6) is 0.836. The average Bonchev–Trinajstić information content (AvgIpc) is 3.23. The number of rotatable bonds is 4. The number of pyridine rings is 1. The minimum atomic E-state index is -0.629. The lowest BCUT2D eigenvalue weighted by atomic mass is 10.0. The van der Waals surface area contributed by atoms with Crippen LogP contribution in [0.25, 0.3) is 0 Å². The van der Waals surface area contributed by atoms with Crippen molar-refractivity contribution >= 4 is 0 Å². The van der Waals surface area contributed by atoms with Gasteiger partial charge < -0.3 is 9.84 Å². The van der Waals surface area contributed by atoms with Gasteiger partial charge in [-0.2, -0.15) is 0 Å². The van der Waals surface area contributed by atoms with Crippen molar-refractivity contribution in [3.63, 3.8) is 0 Å². The summed E-state index contributed by atoms with van der Waals surface area (Å²) >= 11 is 0. The van der Waals surface area contributed by atoms with E-state index in [1.54, 1.807) is 12.4 Å². The van der Waals surface area contributed by atoms with Gasteiger partial charge in [0.2, 0.25) is 0 Å². The van der Waals surface area contributed by atoms with Gasteiger partial charge in [-0.15, -0.1) is 0 Å². The van der Waals surface area contributed by atoms with Crippen molar-refractivity contribution in [1.29, 1.82) is 0 Å². The zero-order valence-corrected chi connectivity index (χ0v) is 9.99. The van der Waals surface area contributed by atoms with Crippen LogP contribution in [-0.2, 0) is 0 Å². The van der Waals surface area contributed by atoms with Crippen molar-refractivity contribution in [3.8, 4) is 5.75 Å². The van der Waals surface area contributed by atoms with Crippen LogP contribution in [0, 0.1) is 0 Å². The summed E-state index contributed by atoms with van der Waals surface area (Å²) in [6.45, 7) is 0. The molecule has 18 heavy (non-hydrogen) atoms. The second-order valence-electron chi connectivity index (χ2n) is 4.57. The molecule has 3 nitrogen and oxygen atoms in total. The third-order valence-corrected chi connectivity index (χ3v) is 3.02. The van der Waals surface area contributed by atoms with Gasteiger partial charge in [-0.25, -0.2) is 0 Å². The summed E-state index contributed by atoms with van der Waals surface area (Å²) in [6, 6.07) is 11.3. The molecule has 1 fully saturated rings. The van der Waals surface area contributed by atoms with Gasteiger partial charge in [0.05, 0.1) is 6.10 Å². The highest BCUT2D eigenvalue weighted by atomic mass is 16.5. The Balaban J connectivity index is 1.82. The number of aromatic nitrogens is 1. The second-order valence-corrected chi connectivity index (χ2v) is 4.57. The van der Waals surface area contributed by atoms with Crippen LogP contribution in [0.15, 0.2) is 48.8 Å². The van der Waals surface area contributed by atoms with E-state index in [0.717, 1.165) is 29.7 Å². The van der Waals surface area contributed by atoms with Crippen molar-refractivity contribution < 1.29 is 9.84 Å². The first kappa shape index (κ1) is 11.2. The molecule has 1 N–H and O–H groups in total. The first-order valence-corrected chi connectivity index (χ1v) is 6.17. The first-order valence-electron chi connectivity index (χ1n) is 6.17. The van der Waals surface area contributed by atoms with Gasteiger partial charge in [0.1, 0.15) is 11.9 Å². The molecule has 0 radical (unpaired) electrons. The number of hydrogen-bond donors (Lipinski definition) is 1. The molecule has 1 aliphatic rings. The van der Waals surface area contributed by atoms with Gasteiger partial charge >= 0.3 is 0 Å². The Hall–Kier alpha value is -1.87. The molecule has 1 aromatic heterocycles. The van der Waals surface area contributed by atoms with E-state index in [1.807, 2.05) is 36.4 Å². The van der Waals surface area contributed by atoms with Crippen molar-refractivity contribution in [3.05, 3.63) is 59.9 Å². The molecule has 1 heterocycles. The summed E-state index contributed by atoms with van der Waals surface area (Å²) in [7, 11) is 0. The fourth-order valence-corrected chi connectivity index (χ4v) is 1.87. The van der Waals surface area contributed by atoms with Crippen LogP contribution >= 0.6 is 0 Å². The summed E-state index contributed by atoms with van der Waals surface area (Å²) in [5.41, 5.74) is 1.69. The summed E-state index contributed by atoms with van der Waals surface area (Å²) in [6.07, 6.45) is 5.38. The van der Waals surface area contributed by atoms with Crippen molar-refractivity contribution in [2.45, 2.75) is 25.0 Å². The van der Waals surface area contributed by atoms with Gasteiger partial charge in [-0.05, 0) is 48.2 Å². The Kier molecular flexibility index (Phi) is 2.99. The summed E-state index contributed by atoms with van der Waals surface area (Å²) in [5, 5.41) is 10.3. The number of nitrogens with zero attached hydrogens (tertiary/aromatic N) is 1. The lowest BCUT2D eigenvalue weighted by molar-refractivity contribution is 0.219. The minimum absolute atomic E-state index is 0.373. The van der Waals surface area contributed by atoms with Crippen LogP contribution in [0.2, 0.25) is 0 Å². The lowest BCUT2D eigenvalue weighted by Crippen LogP contribution is -2.01. The number of hydrogen-bond acceptors (Lipinski definition) is 3. The normalized spacial score (nSPS) is 16.3. The average molecular weight is 241 g/mol. The molecule has 0 bridgehead atoms. The predicted molar refractivity (Wildman–Crippen MR) is 68.4 cm³/mol. The Bertz CT molecular complexity index is 523. The molecule has 1 atom stereocenters. The van der Waals surface area contributed by atoms with Gasteiger partial charge in [-0.1, -0.05) is 12.1 Å². The number of ether oxygens (including phenoxy) is 1. The third kappa shape index (κ3) is 2.51. The molecule has 1 aliphatic carbocycles. The molecule has 1 unspecified atom stereocenters. The Morgan fingerprint density at radius 1 is 1.11 bits per heavy atom. The predicted octanol–water partition coefficient (Wildman–Crippen LogP) is 2.70. The van der Waals surface area contributed by atoms with Crippen LogP contribution in [0.5, 0.6) is 5.75 Å². The lowest BCUT2D eigenvalue weighted by Gasteiger charge is -2.12. The van der Waals surface area contributed by atoms with Crippen molar-refractivity contribution in [2.24, 2.45) is 0 Å². The minimum Gasteiger partial charge on any atom is -0.490 e. The first-order chi connectivity index (χ1) is 8.83. The van der Waals surface area contributed by atoms with E-state index in [4.69, 9.17) is 4.74 Å². The Morgan fingerprint density at radius 3 is 2.61 bits per heavy atom. The summed E-state index contributed by atoms with van der Waals surface area (Å²) < 4.78 is 5.73. The van der Waals surface area contributed by atoms with Gasteiger partial charge in [-0.3, -0.25) is 4.98 Å². The van der Waals surface area contributed by atoms with Crippen LogP contribution in [0.1, 0.15) is 30.1 Å². The SMILES string of the molecule is OC(c1ccncc1)c1cccc(OC2CC2)c1. The van der Waals surface area contributed by atoms with Crippen LogP contribution < -0.4 is 4.74 Å². The number of aliphatic hydroxyl groups is 1. The maximum absolute atomic E-state index is 10.3. The van der Waals surface area contributed by atoms with E-state index in [2.05, 4.69) is 4.98 Å². The molecule has 0 spiro atoms. The third-order valence-electron chi connectivity index (χ3n) is 3.02. The molecule has 3 heteroatoms. The second kappa shape index (κ2) is 4.78. The van der Waals surface area contributed by atoms with E-state index in [9.17, 15) is 5.11 Å². The molecule has 3 rings (SSSR count). The van der Waals surface area contributed by atoms with Crippen LogP contribution in [0.4, 0.5) is 0 Å². The standard InChI is InChI=1S/C15H15NO2/c17-15(11-6-8-16-9-7-11)12-2-1-3-14(10-12)18-13-4-5-13/h1-3,6-10,13,15,17H,4-5H2. The van der Waals surface area contributed by atoms with E-state index < -0.39 is 6.10 Å². The van der Waals surface area contributed by atoms with Crippen LogP contribution in [0.3, 0.4) is 0 Å². The smallest absolute Gasteiger partial charge is 0.120 e. The molecule has 0 saturated heterocycles. The zero-order chi connectivity index (χ0) is 12.4. The maximum Gasteiger partial charge on any atom is 0.120 e. The molecule has 2 aromatic rings. The molecule has 0 amide bonds. The molecule has 1 saturated carbocycles. The Labute approximate surface area is 106 Å². The van der Waals surface area contributed by atoms with Crippen LogP contribution in [-0.4, -0.2) is 16.2 Å². The van der Waals surface area contributed by atoms with Crippen molar-refractivity contribution in [2.75, 3.05) is 0 Å². The maximum atomic E-state index is 10.3. The molecular weight excluding hydrogens is 226 g/mol. The number of aliphatic hydroxyl groups excluding tert-OH is 1. The fraction of sp³-hybridized carbons (Fsp3) is 0.267. The van der Waals surface area contributed by atoms with Gasteiger partial charge in [0.15, 0.2) is 0 Å². The Morgan fingerprint density at radius 2 is 1.89 bits per heavy atom. The quantitative estimate of drug-likeness (QED) is 0.895. The molecule has 0 aliphatic heterocycles. The summed E-state index contributed by atoms with van der Waals surface area (Å²) in [4.78, 5) is 3.95. The fourth-order valence-electron chi connectivity index (χ4n) is 1.87. The highest BCUT2D eigenvalue weighted by Crippen LogP contribution is 2.29. The van der Waals surface area contributed by atoms with E-state index >= 15 is 0 Å². The van der Waals surface area contributed by atoms with Crippen molar-refractivity contribution in [1.82, 2.24) is 4.98 Å². The highest BCUT2D eigenvalue weighted by Gasteiger charge is 2.23. The zero-order valence-electron chi connectivity index (χ0n) is 9.99. The largest absolute Gasteiger partial charge is 0.490 e.